The van der Waals surface area contributed by atoms with Gasteiger partial charge in [-0.15, -0.1) is 0 Å². The fourth-order valence-corrected chi connectivity index (χ4v) is 3.61. The standard InChI is InChI=1S/C19H27N3O2/c1-14-6-10-21(11-7-14)19(24)17-12-16(5-8-20-17)18(23)22-9-3-4-15(2)13-22/h5,8,12,14-15H,3-4,6-7,9-11,13H2,1-2H3. The molecule has 1 atom stereocenters. The van der Waals surface area contributed by atoms with E-state index in [4.69, 9.17) is 0 Å². The summed E-state index contributed by atoms with van der Waals surface area (Å²) >= 11 is 0. The average molecular weight is 329 g/mol. The molecule has 3 heterocycles. The third-order valence-corrected chi connectivity index (χ3v) is 5.24. The Hall–Kier alpha value is -1.91. The average Bonchev–Trinajstić information content (AvgIpc) is 2.61. The van der Waals surface area contributed by atoms with Gasteiger partial charge in [-0.3, -0.25) is 14.6 Å². The lowest BCUT2D eigenvalue weighted by Crippen LogP contribution is -2.40. The molecule has 0 bridgehead atoms. The van der Waals surface area contributed by atoms with Crippen molar-refractivity contribution in [3.63, 3.8) is 0 Å². The minimum Gasteiger partial charge on any atom is -0.338 e. The summed E-state index contributed by atoms with van der Waals surface area (Å²) in [4.78, 5) is 33.3. The molecule has 2 amide bonds. The molecule has 2 aliphatic rings. The van der Waals surface area contributed by atoms with Gasteiger partial charge < -0.3 is 9.80 Å². The Morgan fingerprint density at radius 3 is 2.46 bits per heavy atom. The molecule has 130 valence electrons. The van der Waals surface area contributed by atoms with Gasteiger partial charge in [-0.25, -0.2) is 0 Å². The van der Waals surface area contributed by atoms with Crippen LogP contribution in [0.4, 0.5) is 0 Å². The van der Waals surface area contributed by atoms with Gasteiger partial charge in [0.05, 0.1) is 0 Å². The molecule has 0 saturated carbocycles. The lowest BCUT2D eigenvalue weighted by molar-refractivity contribution is 0.0682. The maximum Gasteiger partial charge on any atom is 0.272 e. The SMILES string of the molecule is CC1CCN(C(=O)c2cc(C(=O)N3CCCC(C)C3)ccn2)CC1. The first-order valence-electron chi connectivity index (χ1n) is 9.09. The number of aromatic nitrogens is 1. The summed E-state index contributed by atoms with van der Waals surface area (Å²) < 4.78 is 0. The van der Waals surface area contributed by atoms with E-state index in [9.17, 15) is 9.59 Å². The number of nitrogens with zero attached hydrogens (tertiary/aromatic N) is 3. The molecule has 0 spiro atoms. The van der Waals surface area contributed by atoms with Crippen LogP contribution in [0, 0.1) is 11.8 Å². The molecule has 5 heteroatoms. The van der Waals surface area contributed by atoms with Crippen LogP contribution in [0.5, 0.6) is 0 Å². The summed E-state index contributed by atoms with van der Waals surface area (Å²) in [5.74, 6) is 1.19. The second-order valence-electron chi connectivity index (χ2n) is 7.40. The Kier molecular flexibility index (Phi) is 5.17. The van der Waals surface area contributed by atoms with Gasteiger partial charge >= 0.3 is 0 Å². The predicted molar refractivity (Wildman–Crippen MR) is 92.8 cm³/mol. The number of pyridine rings is 1. The number of rotatable bonds is 2. The highest BCUT2D eigenvalue weighted by Crippen LogP contribution is 2.20. The third-order valence-electron chi connectivity index (χ3n) is 5.24. The summed E-state index contributed by atoms with van der Waals surface area (Å²) in [5, 5.41) is 0. The molecule has 2 fully saturated rings. The van der Waals surface area contributed by atoms with Gasteiger partial charge in [-0.05, 0) is 49.7 Å². The van der Waals surface area contributed by atoms with Crippen molar-refractivity contribution in [2.75, 3.05) is 26.2 Å². The van der Waals surface area contributed by atoms with E-state index in [-0.39, 0.29) is 11.8 Å². The Bertz CT molecular complexity index is 608. The first-order chi connectivity index (χ1) is 11.5. The highest BCUT2D eigenvalue weighted by molar-refractivity contribution is 5.98. The molecule has 3 rings (SSSR count). The van der Waals surface area contributed by atoms with Crippen molar-refractivity contribution < 1.29 is 9.59 Å². The number of amides is 2. The Morgan fingerprint density at radius 2 is 1.75 bits per heavy atom. The van der Waals surface area contributed by atoms with Gasteiger partial charge in [0.1, 0.15) is 5.69 Å². The number of carbonyl (C=O) groups excluding carboxylic acids is 2. The van der Waals surface area contributed by atoms with Crippen molar-refractivity contribution in [2.45, 2.75) is 39.5 Å². The van der Waals surface area contributed by atoms with E-state index >= 15 is 0 Å². The third kappa shape index (κ3) is 3.77. The van der Waals surface area contributed by atoms with Crippen LogP contribution in [0.3, 0.4) is 0 Å². The number of hydrogen-bond donors (Lipinski definition) is 0. The summed E-state index contributed by atoms with van der Waals surface area (Å²) in [5.41, 5.74) is 0.966. The minimum absolute atomic E-state index is 0.0188. The van der Waals surface area contributed by atoms with Gasteiger partial charge in [-0.1, -0.05) is 13.8 Å². The number of likely N-dealkylation sites (tertiary alicyclic amines) is 2. The quantitative estimate of drug-likeness (QED) is 0.838. The highest BCUT2D eigenvalue weighted by atomic mass is 16.2. The highest BCUT2D eigenvalue weighted by Gasteiger charge is 2.25. The molecule has 2 aliphatic heterocycles. The van der Waals surface area contributed by atoms with Crippen LogP contribution < -0.4 is 0 Å². The Labute approximate surface area is 144 Å². The molecule has 0 radical (unpaired) electrons. The molecule has 1 aromatic heterocycles. The molecule has 1 unspecified atom stereocenters. The predicted octanol–water partition coefficient (Wildman–Crippen LogP) is 2.83. The largest absolute Gasteiger partial charge is 0.338 e. The molecular weight excluding hydrogens is 302 g/mol. The van der Waals surface area contributed by atoms with Crippen molar-refractivity contribution in [3.05, 3.63) is 29.6 Å². The number of piperidine rings is 2. The van der Waals surface area contributed by atoms with Crippen molar-refractivity contribution in [1.29, 1.82) is 0 Å². The van der Waals surface area contributed by atoms with Gasteiger partial charge in [0.2, 0.25) is 0 Å². The Balaban J connectivity index is 1.71. The van der Waals surface area contributed by atoms with Crippen LogP contribution in [0.25, 0.3) is 0 Å². The zero-order valence-electron chi connectivity index (χ0n) is 14.7. The van der Waals surface area contributed by atoms with Gasteiger partial charge in [0.15, 0.2) is 0 Å². The molecule has 24 heavy (non-hydrogen) atoms. The van der Waals surface area contributed by atoms with Crippen LogP contribution in [0.2, 0.25) is 0 Å². The molecule has 0 aromatic carbocycles. The summed E-state index contributed by atoms with van der Waals surface area (Å²) in [6.45, 7) is 7.57. The summed E-state index contributed by atoms with van der Waals surface area (Å²) in [6.07, 6.45) is 5.89. The maximum absolute atomic E-state index is 12.7. The van der Waals surface area contributed by atoms with E-state index in [0.717, 1.165) is 45.4 Å². The molecule has 5 nitrogen and oxygen atoms in total. The van der Waals surface area contributed by atoms with Crippen LogP contribution in [-0.4, -0.2) is 52.8 Å². The van der Waals surface area contributed by atoms with Crippen LogP contribution in [0.15, 0.2) is 18.3 Å². The van der Waals surface area contributed by atoms with E-state index in [1.807, 2.05) is 9.80 Å². The van der Waals surface area contributed by atoms with E-state index in [0.29, 0.717) is 23.1 Å². The van der Waals surface area contributed by atoms with Crippen LogP contribution in [-0.2, 0) is 0 Å². The van der Waals surface area contributed by atoms with Crippen molar-refractivity contribution in [1.82, 2.24) is 14.8 Å². The van der Waals surface area contributed by atoms with Crippen molar-refractivity contribution in [2.24, 2.45) is 11.8 Å². The molecule has 2 saturated heterocycles. The fourth-order valence-electron chi connectivity index (χ4n) is 3.61. The van der Waals surface area contributed by atoms with Crippen molar-refractivity contribution in [3.8, 4) is 0 Å². The van der Waals surface area contributed by atoms with Gasteiger partial charge in [0, 0.05) is 37.9 Å². The Morgan fingerprint density at radius 1 is 1.00 bits per heavy atom. The number of carbonyl (C=O) groups is 2. The zero-order valence-corrected chi connectivity index (χ0v) is 14.7. The maximum atomic E-state index is 12.7. The van der Waals surface area contributed by atoms with Crippen LogP contribution >= 0.6 is 0 Å². The lowest BCUT2D eigenvalue weighted by atomic mass is 9.98. The molecule has 1 aromatic rings. The molecule has 0 N–H and O–H groups in total. The van der Waals surface area contributed by atoms with E-state index in [1.54, 1.807) is 18.3 Å². The van der Waals surface area contributed by atoms with E-state index in [2.05, 4.69) is 18.8 Å². The topological polar surface area (TPSA) is 53.5 Å². The van der Waals surface area contributed by atoms with Gasteiger partial charge in [0.25, 0.3) is 11.8 Å². The monoisotopic (exact) mass is 329 g/mol. The molecule has 0 aliphatic carbocycles. The summed E-state index contributed by atoms with van der Waals surface area (Å²) in [6, 6.07) is 3.39. The fraction of sp³-hybridized carbons (Fsp3) is 0.632. The van der Waals surface area contributed by atoms with E-state index in [1.165, 1.54) is 6.42 Å². The van der Waals surface area contributed by atoms with Crippen molar-refractivity contribution >= 4 is 11.8 Å². The second kappa shape index (κ2) is 7.32. The zero-order chi connectivity index (χ0) is 17.1. The van der Waals surface area contributed by atoms with Gasteiger partial charge in [-0.2, -0.15) is 0 Å². The first-order valence-corrected chi connectivity index (χ1v) is 9.09. The molecular formula is C19H27N3O2. The number of hydrogen-bond acceptors (Lipinski definition) is 3. The van der Waals surface area contributed by atoms with Crippen LogP contribution in [0.1, 0.15) is 60.4 Å². The first kappa shape index (κ1) is 16.9. The minimum atomic E-state index is -0.0523. The van der Waals surface area contributed by atoms with E-state index < -0.39 is 0 Å². The normalized spacial score (nSPS) is 22.5. The lowest BCUT2D eigenvalue weighted by Gasteiger charge is -2.31. The second-order valence-corrected chi connectivity index (χ2v) is 7.40. The smallest absolute Gasteiger partial charge is 0.272 e. The summed E-state index contributed by atoms with van der Waals surface area (Å²) in [7, 11) is 0.